The Kier molecular flexibility index (Phi) is 4.40. The van der Waals surface area contributed by atoms with Crippen molar-refractivity contribution in [1.29, 1.82) is 0 Å². The van der Waals surface area contributed by atoms with Crippen LogP contribution in [-0.4, -0.2) is 4.98 Å². The number of hydrogen-bond donors (Lipinski definition) is 0. The van der Waals surface area contributed by atoms with Gasteiger partial charge >= 0.3 is 29.6 Å². The second-order valence-corrected chi connectivity index (χ2v) is 2.04. The van der Waals surface area contributed by atoms with Gasteiger partial charge in [0.05, 0.1) is 0 Å². The summed E-state index contributed by atoms with van der Waals surface area (Å²) in [4.78, 5) is 3.99. The van der Waals surface area contributed by atoms with Gasteiger partial charge in [-0.25, -0.2) is 0 Å². The van der Waals surface area contributed by atoms with Crippen LogP contribution in [-0.2, 0) is 12.6 Å². The van der Waals surface area contributed by atoms with Crippen LogP contribution in [0.1, 0.15) is 5.69 Å². The van der Waals surface area contributed by atoms with Gasteiger partial charge in [0.2, 0.25) is 0 Å². The van der Waals surface area contributed by atoms with Crippen LogP contribution in [0.2, 0.25) is 0 Å². The number of aromatic nitrogens is 1. The summed E-state index contributed by atoms with van der Waals surface area (Å²) in [5.41, 5.74) is 0.984. The van der Waals surface area contributed by atoms with E-state index in [1.54, 1.807) is 0 Å². The van der Waals surface area contributed by atoms with E-state index in [9.17, 15) is 0 Å². The molecule has 0 fully saturated rings. The molecule has 0 atom stereocenters. The predicted octanol–water partition coefficient (Wildman–Crippen LogP) is -1.70. The minimum absolute atomic E-state index is 0. The second-order valence-electron chi connectivity index (χ2n) is 1.62. The Morgan fingerprint density at radius 1 is 1.44 bits per heavy atom. The van der Waals surface area contributed by atoms with Crippen LogP contribution in [0.3, 0.4) is 0 Å². The first-order chi connectivity index (χ1) is 3.79. The molecule has 0 saturated heterocycles. The van der Waals surface area contributed by atoms with E-state index >= 15 is 0 Å². The molecule has 0 N–H and O–H groups in total. The smallest absolute Gasteiger partial charge is 0.760 e. The molecule has 0 amide bonds. The Hall–Kier alpha value is 0.370. The van der Waals surface area contributed by atoms with Gasteiger partial charge in [-0.05, 0) is 13.0 Å². The molecule has 1 rings (SSSR count). The first kappa shape index (κ1) is 9.37. The van der Waals surface area contributed by atoms with Crippen LogP contribution >= 0.6 is 0 Å². The van der Waals surface area contributed by atoms with E-state index in [1.807, 2.05) is 25.1 Å². The molecule has 42 valence electrons. The summed E-state index contributed by atoms with van der Waals surface area (Å²) in [5, 5.41) is 0.671. The van der Waals surface area contributed by atoms with E-state index in [0.717, 1.165) is 5.69 Å². The van der Waals surface area contributed by atoms with Gasteiger partial charge in [0.25, 0.3) is 0 Å². The van der Waals surface area contributed by atoms with Gasteiger partial charge in [0.1, 0.15) is 0 Å². The zero-order valence-electron chi connectivity index (χ0n) is 5.59. The van der Waals surface area contributed by atoms with Crippen molar-refractivity contribution in [3.8, 4) is 0 Å². The fourth-order valence-corrected chi connectivity index (χ4v) is 0.741. The summed E-state index contributed by atoms with van der Waals surface area (Å²) in [6, 6.07) is 5.64. The predicted molar refractivity (Wildman–Crippen MR) is 34.6 cm³/mol. The maximum Gasteiger partial charge on any atom is 1.00 e. The van der Waals surface area contributed by atoms with Gasteiger partial charge in [-0.3, -0.25) is 4.98 Å². The number of rotatable bonds is 0. The molecule has 0 bridgehead atoms. The van der Waals surface area contributed by atoms with E-state index in [-0.39, 0.29) is 29.6 Å². The average Bonchev–Trinajstić information content (AvgIpc) is 1.64. The SMILES string of the molecule is Cc1cccc([S-])n1.[Na+]. The van der Waals surface area contributed by atoms with Crippen molar-refractivity contribution >= 4 is 12.6 Å². The van der Waals surface area contributed by atoms with Gasteiger partial charge in [-0.15, -0.1) is 0 Å². The third kappa shape index (κ3) is 3.16. The minimum atomic E-state index is 0. The summed E-state index contributed by atoms with van der Waals surface area (Å²) in [6.45, 7) is 1.93. The fraction of sp³-hybridized carbons (Fsp3) is 0.167. The van der Waals surface area contributed by atoms with Gasteiger partial charge < -0.3 is 12.6 Å². The van der Waals surface area contributed by atoms with Gasteiger partial charge in [0, 0.05) is 5.69 Å². The van der Waals surface area contributed by atoms with Crippen LogP contribution in [0, 0.1) is 6.92 Å². The topological polar surface area (TPSA) is 12.9 Å². The zero-order valence-corrected chi connectivity index (χ0v) is 8.40. The number of aryl methyl sites for hydroxylation is 1. The van der Waals surface area contributed by atoms with E-state index < -0.39 is 0 Å². The van der Waals surface area contributed by atoms with E-state index in [4.69, 9.17) is 12.6 Å². The largest absolute Gasteiger partial charge is 1.00 e. The van der Waals surface area contributed by atoms with Crippen molar-refractivity contribution in [3.63, 3.8) is 0 Å². The van der Waals surface area contributed by atoms with Crippen molar-refractivity contribution in [2.45, 2.75) is 11.9 Å². The van der Waals surface area contributed by atoms with Crippen LogP contribution in [0.4, 0.5) is 0 Å². The Labute approximate surface area is 82.6 Å². The van der Waals surface area contributed by atoms with Crippen LogP contribution in [0.25, 0.3) is 0 Å². The molecular weight excluding hydrogens is 141 g/mol. The van der Waals surface area contributed by atoms with Crippen LogP contribution in [0.5, 0.6) is 0 Å². The molecule has 0 radical (unpaired) electrons. The van der Waals surface area contributed by atoms with Gasteiger partial charge in [-0.1, -0.05) is 17.2 Å². The van der Waals surface area contributed by atoms with Crippen molar-refractivity contribution in [3.05, 3.63) is 23.9 Å². The van der Waals surface area contributed by atoms with Gasteiger partial charge in [-0.2, -0.15) is 0 Å². The molecule has 0 spiro atoms. The molecule has 9 heavy (non-hydrogen) atoms. The summed E-state index contributed by atoms with van der Waals surface area (Å²) in [6.07, 6.45) is 0. The molecule has 0 aliphatic heterocycles. The molecule has 1 nitrogen and oxygen atoms in total. The number of hydrogen-bond acceptors (Lipinski definition) is 2. The molecule has 0 unspecified atom stereocenters. The summed E-state index contributed by atoms with van der Waals surface area (Å²) in [7, 11) is 0. The monoisotopic (exact) mass is 147 g/mol. The Balaban J connectivity index is 0.000000640. The normalized spacial score (nSPS) is 8.11. The standard InChI is InChI=1S/C6H7NS.Na/c1-5-3-2-4-6(8)7-5;/h2-4H,1H3,(H,7,8);/q;+1/p-1. The zero-order chi connectivity index (χ0) is 5.98. The summed E-state index contributed by atoms with van der Waals surface area (Å²) >= 11 is 4.79. The number of nitrogens with zero attached hydrogens (tertiary/aromatic N) is 1. The molecule has 0 saturated carbocycles. The van der Waals surface area contributed by atoms with Gasteiger partial charge in [0.15, 0.2) is 0 Å². The Morgan fingerprint density at radius 3 is 2.44 bits per heavy atom. The Bertz CT molecular complexity index is 173. The van der Waals surface area contributed by atoms with Crippen molar-refractivity contribution in [2.24, 2.45) is 0 Å². The molecule has 0 aromatic carbocycles. The first-order valence-corrected chi connectivity index (χ1v) is 2.80. The third-order valence-electron chi connectivity index (χ3n) is 0.863. The first-order valence-electron chi connectivity index (χ1n) is 2.40. The molecule has 0 aliphatic carbocycles. The summed E-state index contributed by atoms with van der Waals surface area (Å²) in [5.74, 6) is 0. The van der Waals surface area contributed by atoms with Crippen molar-refractivity contribution < 1.29 is 29.6 Å². The molecular formula is C6H6NNaS. The second kappa shape index (κ2) is 4.23. The molecule has 1 aromatic rings. The fourth-order valence-electron chi connectivity index (χ4n) is 0.518. The maximum atomic E-state index is 4.79. The molecule has 3 heteroatoms. The maximum absolute atomic E-state index is 4.79. The van der Waals surface area contributed by atoms with E-state index in [2.05, 4.69) is 4.98 Å². The summed E-state index contributed by atoms with van der Waals surface area (Å²) < 4.78 is 0. The van der Waals surface area contributed by atoms with Crippen LogP contribution < -0.4 is 29.6 Å². The molecule has 0 aliphatic rings. The minimum Gasteiger partial charge on any atom is -0.760 e. The third-order valence-corrected chi connectivity index (χ3v) is 1.09. The quantitative estimate of drug-likeness (QED) is 0.320. The number of pyridine rings is 1. The van der Waals surface area contributed by atoms with Crippen molar-refractivity contribution in [2.75, 3.05) is 0 Å². The van der Waals surface area contributed by atoms with Crippen molar-refractivity contribution in [1.82, 2.24) is 4.98 Å². The molecule has 1 aromatic heterocycles. The van der Waals surface area contributed by atoms with E-state index in [1.165, 1.54) is 0 Å². The Morgan fingerprint density at radius 2 is 2.11 bits per heavy atom. The van der Waals surface area contributed by atoms with E-state index in [0.29, 0.717) is 5.03 Å². The average molecular weight is 147 g/mol. The molecule has 1 heterocycles. The van der Waals surface area contributed by atoms with Crippen LogP contribution in [0.15, 0.2) is 23.2 Å².